The van der Waals surface area contributed by atoms with Gasteiger partial charge in [0.15, 0.2) is 5.96 Å². The molecule has 1 fully saturated rings. The molecule has 1 saturated heterocycles. The average molecular weight is 330 g/mol. The number of guanidine groups is 1. The first-order valence-electron chi connectivity index (χ1n) is 8.65. The minimum atomic E-state index is -0.827. The molecule has 2 unspecified atom stereocenters. The molecule has 0 spiro atoms. The zero-order valence-electron chi connectivity index (χ0n) is 15.3. The van der Waals surface area contributed by atoms with Crippen molar-refractivity contribution >= 4 is 16.8 Å². The molecule has 0 aliphatic carbocycles. The van der Waals surface area contributed by atoms with Gasteiger partial charge in [-0.25, -0.2) is 0 Å². The molecule has 0 radical (unpaired) electrons. The van der Waals surface area contributed by atoms with Crippen LogP contribution in [-0.2, 0) is 10.8 Å². The van der Waals surface area contributed by atoms with Crippen molar-refractivity contribution in [2.75, 3.05) is 31.9 Å². The molecule has 0 amide bonds. The van der Waals surface area contributed by atoms with E-state index in [1.54, 1.807) is 0 Å². The summed E-state index contributed by atoms with van der Waals surface area (Å²) in [6.45, 7) is 16.5. The zero-order valence-corrected chi connectivity index (χ0v) is 16.1. The summed E-state index contributed by atoms with van der Waals surface area (Å²) in [6, 6.07) is 0. The van der Waals surface area contributed by atoms with Gasteiger partial charge in [-0.05, 0) is 52.4 Å². The second-order valence-corrected chi connectivity index (χ2v) is 9.95. The second kappa shape index (κ2) is 8.90. The van der Waals surface area contributed by atoms with Crippen molar-refractivity contribution in [2.24, 2.45) is 16.8 Å². The highest BCUT2D eigenvalue weighted by Crippen LogP contribution is 2.23. The lowest BCUT2D eigenvalue weighted by Crippen LogP contribution is -2.40. The topological polar surface area (TPSA) is 44.7 Å². The van der Waals surface area contributed by atoms with Crippen LogP contribution in [-0.4, -0.2) is 51.7 Å². The van der Waals surface area contributed by atoms with Crippen molar-refractivity contribution in [3.63, 3.8) is 0 Å². The van der Waals surface area contributed by atoms with Crippen LogP contribution in [0.1, 0.15) is 54.4 Å². The number of hydrogen-bond acceptors (Lipinski definition) is 2. The van der Waals surface area contributed by atoms with Crippen molar-refractivity contribution in [3.05, 3.63) is 0 Å². The summed E-state index contributed by atoms with van der Waals surface area (Å²) < 4.78 is 12.0. The summed E-state index contributed by atoms with van der Waals surface area (Å²) in [5.41, 5.74) is 0. The number of rotatable bonds is 6. The van der Waals surface area contributed by atoms with Crippen LogP contribution >= 0.6 is 0 Å². The van der Waals surface area contributed by atoms with Gasteiger partial charge in [0.25, 0.3) is 0 Å². The van der Waals surface area contributed by atoms with Gasteiger partial charge in [-0.1, -0.05) is 13.8 Å². The Morgan fingerprint density at radius 3 is 2.64 bits per heavy atom. The second-order valence-electron chi connectivity index (χ2n) is 7.63. The number of hydrogen-bond donors (Lipinski definition) is 1. The molecule has 0 aromatic carbocycles. The van der Waals surface area contributed by atoms with E-state index in [1.165, 1.54) is 12.8 Å². The fourth-order valence-corrected chi connectivity index (χ4v) is 3.72. The van der Waals surface area contributed by atoms with Crippen LogP contribution in [0.4, 0.5) is 0 Å². The third kappa shape index (κ3) is 6.67. The van der Waals surface area contributed by atoms with Gasteiger partial charge in [-0.2, -0.15) is 0 Å². The molecular weight excluding hydrogens is 294 g/mol. The molecule has 0 saturated carbocycles. The smallest absolute Gasteiger partial charge is 0.193 e. The third-order valence-electron chi connectivity index (χ3n) is 3.95. The maximum absolute atomic E-state index is 12.1. The van der Waals surface area contributed by atoms with Crippen molar-refractivity contribution in [3.8, 4) is 0 Å². The Kier molecular flexibility index (Phi) is 7.87. The summed E-state index contributed by atoms with van der Waals surface area (Å²) in [7, 11) is -0.827. The Labute approximate surface area is 139 Å². The van der Waals surface area contributed by atoms with E-state index in [4.69, 9.17) is 4.99 Å². The number of likely N-dealkylation sites (tertiary alicyclic amines) is 1. The number of aliphatic imine (C=N–C) groups is 1. The number of nitrogens with one attached hydrogen (secondary N) is 1. The lowest BCUT2D eigenvalue weighted by Gasteiger charge is -2.22. The van der Waals surface area contributed by atoms with Crippen molar-refractivity contribution in [2.45, 2.75) is 59.1 Å². The molecule has 1 heterocycles. The first-order valence-corrected chi connectivity index (χ1v) is 9.97. The lowest BCUT2D eigenvalue weighted by atomic mass is 9.97. The molecule has 2 atom stereocenters. The predicted octanol–water partition coefficient (Wildman–Crippen LogP) is 2.87. The van der Waals surface area contributed by atoms with Gasteiger partial charge in [0.05, 0.1) is 6.54 Å². The maximum atomic E-state index is 12.1. The molecular formula is C17H35N3OS. The third-order valence-corrected chi connectivity index (χ3v) is 5.87. The minimum absolute atomic E-state index is 0.149. The summed E-state index contributed by atoms with van der Waals surface area (Å²) in [6.07, 6.45) is 2.56. The van der Waals surface area contributed by atoms with Crippen molar-refractivity contribution < 1.29 is 4.21 Å². The van der Waals surface area contributed by atoms with E-state index in [1.807, 2.05) is 20.8 Å². The van der Waals surface area contributed by atoms with Gasteiger partial charge in [0.1, 0.15) is 0 Å². The Morgan fingerprint density at radius 2 is 2.09 bits per heavy atom. The summed E-state index contributed by atoms with van der Waals surface area (Å²) >= 11 is 0. The quantitative estimate of drug-likeness (QED) is 0.602. The highest BCUT2D eigenvalue weighted by atomic mass is 32.2. The molecule has 4 nitrogen and oxygen atoms in total. The summed E-state index contributed by atoms with van der Waals surface area (Å²) in [5.74, 6) is 3.19. The fraction of sp³-hybridized carbons (Fsp3) is 0.941. The molecule has 22 heavy (non-hydrogen) atoms. The molecule has 1 N–H and O–H groups in total. The van der Waals surface area contributed by atoms with E-state index in [-0.39, 0.29) is 4.75 Å². The van der Waals surface area contributed by atoms with E-state index >= 15 is 0 Å². The van der Waals surface area contributed by atoms with Gasteiger partial charge in [-0.15, -0.1) is 0 Å². The fourth-order valence-electron chi connectivity index (χ4n) is 2.85. The van der Waals surface area contributed by atoms with Gasteiger partial charge in [0, 0.05) is 40.9 Å². The van der Waals surface area contributed by atoms with Crippen LogP contribution in [0.3, 0.4) is 0 Å². The van der Waals surface area contributed by atoms with Crippen LogP contribution in [0.15, 0.2) is 4.99 Å². The molecule has 5 heteroatoms. The SMILES string of the molecule is CCNC(=NCCS(=O)C(C)(C)C)N1CCC(CC(C)C)C1. The average Bonchev–Trinajstić information content (AvgIpc) is 2.83. The maximum Gasteiger partial charge on any atom is 0.193 e. The van der Waals surface area contributed by atoms with Gasteiger partial charge in [0.2, 0.25) is 0 Å². The van der Waals surface area contributed by atoms with Crippen LogP contribution in [0.5, 0.6) is 0 Å². The molecule has 1 aliphatic heterocycles. The predicted molar refractivity (Wildman–Crippen MR) is 97.9 cm³/mol. The molecule has 0 aromatic rings. The monoisotopic (exact) mass is 329 g/mol. The van der Waals surface area contributed by atoms with Crippen molar-refractivity contribution in [1.82, 2.24) is 10.2 Å². The van der Waals surface area contributed by atoms with Crippen LogP contribution in [0.25, 0.3) is 0 Å². The van der Waals surface area contributed by atoms with Crippen LogP contribution in [0.2, 0.25) is 0 Å². The molecule has 0 aromatic heterocycles. The Bertz CT molecular complexity index is 388. The van der Waals surface area contributed by atoms with Crippen LogP contribution < -0.4 is 5.32 Å². The lowest BCUT2D eigenvalue weighted by molar-refractivity contribution is 0.404. The van der Waals surface area contributed by atoms with E-state index in [0.717, 1.165) is 37.4 Å². The standard InChI is InChI=1S/C17H35N3OS/c1-7-18-16(19-9-11-22(21)17(4,5)6)20-10-8-15(13-20)12-14(2)3/h14-15H,7-13H2,1-6H3,(H,18,19). The molecule has 130 valence electrons. The van der Waals surface area contributed by atoms with Crippen molar-refractivity contribution in [1.29, 1.82) is 0 Å². The molecule has 1 aliphatic rings. The minimum Gasteiger partial charge on any atom is -0.357 e. The van der Waals surface area contributed by atoms with E-state index in [0.29, 0.717) is 12.3 Å². The van der Waals surface area contributed by atoms with E-state index in [2.05, 4.69) is 31.0 Å². The van der Waals surface area contributed by atoms with Gasteiger partial charge < -0.3 is 10.2 Å². The Hall–Kier alpha value is -0.580. The van der Waals surface area contributed by atoms with E-state index < -0.39 is 10.8 Å². The number of nitrogens with zero attached hydrogens (tertiary/aromatic N) is 2. The Balaban J connectivity index is 2.54. The Morgan fingerprint density at radius 1 is 1.41 bits per heavy atom. The van der Waals surface area contributed by atoms with Gasteiger partial charge >= 0.3 is 0 Å². The first-order chi connectivity index (χ1) is 10.2. The van der Waals surface area contributed by atoms with E-state index in [9.17, 15) is 4.21 Å². The van der Waals surface area contributed by atoms with Crippen LogP contribution in [0, 0.1) is 11.8 Å². The first kappa shape index (κ1) is 19.5. The highest BCUT2D eigenvalue weighted by Gasteiger charge is 2.25. The normalized spacial score (nSPS) is 21.5. The largest absolute Gasteiger partial charge is 0.357 e. The molecule has 1 rings (SSSR count). The molecule has 0 bridgehead atoms. The summed E-state index contributed by atoms with van der Waals surface area (Å²) in [4.78, 5) is 7.07. The zero-order chi connectivity index (χ0) is 16.8. The van der Waals surface area contributed by atoms with Gasteiger partial charge in [-0.3, -0.25) is 9.20 Å². The highest BCUT2D eigenvalue weighted by molar-refractivity contribution is 7.86. The summed E-state index contributed by atoms with van der Waals surface area (Å²) in [5, 5.41) is 3.39.